The van der Waals surface area contributed by atoms with E-state index in [1.165, 1.54) is 30.6 Å². The summed E-state index contributed by atoms with van der Waals surface area (Å²) in [7, 11) is 1.53. The van der Waals surface area contributed by atoms with E-state index in [4.69, 9.17) is 27.9 Å². The molecule has 3 rings (SSSR count). The summed E-state index contributed by atoms with van der Waals surface area (Å²) in [6.45, 7) is 0. The number of carbonyl (C=O) groups excluding carboxylic acids is 1. The van der Waals surface area contributed by atoms with Gasteiger partial charge in [0.05, 0.1) is 22.7 Å². The van der Waals surface area contributed by atoms with Crippen molar-refractivity contribution in [2.45, 2.75) is 0 Å². The Labute approximate surface area is 167 Å². The first-order chi connectivity index (χ1) is 12.9. The van der Waals surface area contributed by atoms with Crippen LogP contribution in [0, 0.1) is 10.1 Å². The van der Waals surface area contributed by atoms with Crippen LogP contribution in [0.3, 0.4) is 0 Å². The molecule has 1 aromatic heterocycles. The van der Waals surface area contributed by atoms with E-state index in [-0.39, 0.29) is 16.3 Å². The molecule has 1 heterocycles. The number of halogens is 2. The molecule has 0 aliphatic rings. The minimum Gasteiger partial charge on any atom is -0.495 e. The smallest absolute Gasteiger partial charge is 0.288 e. The lowest BCUT2D eigenvalue weighted by Crippen LogP contribution is -2.12. The molecule has 0 unspecified atom stereocenters. The minimum atomic E-state index is -0.645. The molecule has 27 heavy (non-hydrogen) atoms. The maximum absolute atomic E-state index is 12.3. The van der Waals surface area contributed by atoms with Gasteiger partial charge in [0.1, 0.15) is 10.8 Å². The van der Waals surface area contributed by atoms with Crippen molar-refractivity contribution in [3.8, 4) is 17.0 Å². The number of hydrogen-bond donors (Lipinski definition) is 1. The number of ether oxygens (including phenoxy) is 1. The molecule has 0 saturated carbocycles. The van der Waals surface area contributed by atoms with Crippen LogP contribution in [0.1, 0.15) is 10.4 Å². The van der Waals surface area contributed by atoms with Gasteiger partial charge in [0.15, 0.2) is 5.13 Å². The van der Waals surface area contributed by atoms with Gasteiger partial charge in [0.2, 0.25) is 0 Å². The van der Waals surface area contributed by atoms with Crippen LogP contribution in [0.15, 0.2) is 41.8 Å². The quantitative estimate of drug-likeness (QED) is 0.444. The Bertz CT molecular complexity index is 1040. The van der Waals surface area contributed by atoms with E-state index in [9.17, 15) is 14.9 Å². The second-order valence-electron chi connectivity index (χ2n) is 5.26. The Morgan fingerprint density at radius 1 is 1.22 bits per heavy atom. The van der Waals surface area contributed by atoms with Gasteiger partial charge in [-0.2, -0.15) is 0 Å². The van der Waals surface area contributed by atoms with Crippen molar-refractivity contribution in [2.24, 2.45) is 0 Å². The number of nitrogens with one attached hydrogen (secondary N) is 1. The van der Waals surface area contributed by atoms with Crippen LogP contribution >= 0.6 is 34.5 Å². The van der Waals surface area contributed by atoms with Crippen LogP contribution in [0.4, 0.5) is 10.8 Å². The van der Waals surface area contributed by atoms with Crippen LogP contribution in [0.25, 0.3) is 11.3 Å². The number of anilines is 1. The van der Waals surface area contributed by atoms with Crippen molar-refractivity contribution in [3.05, 3.63) is 67.5 Å². The van der Waals surface area contributed by atoms with Gasteiger partial charge >= 0.3 is 0 Å². The first-order valence-electron chi connectivity index (χ1n) is 7.43. The fourth-order valence-corrected chi connectivity index (χ4v) is 3.41. The van der Waals surface area contributed by atoms with E-state index in [0.29, 0.717) is 21.6 Å². The van der Waals surface area contributed by atoms with Crippen LogP contribution in [0.5, 0.6) is 5.75 Å². The van der Waals surface area contributed by atoms with Crippen molar-refractivity contribution in [1.29, 1.82) is 0 Å². The topological polar surface area (TPSA) is 94.4 Å². The fourth-order valence-electron chi connectivity index (χ4n) is 2.25. The third-order valence-electron chi connectivity index (χ3n) is 3.58. The van der Waals surface area contributed by atoms with Crippen molar-refractivity contribution in [1.82, 2.24) is 4.98 Å². The lowest BCUT2D eigenvalue weighted by molar-refractivity contribution is -0.384. The molecular weight excluding hydrogens is 413 g/mol. The zero-order chi connectivity index (χ0) is 19.6. The van der Waals surface area contributed by atoms with E-state index in [2.05, 4.69) is 10.3 Å². The van der Waals surface area contributed by atoms with Gasteiger partial charge < -0.3 is 4.74 Å². The SMILES string of the molecule is COc1ccc(-c2csc(NC(=O)c3ccc(Cl)c([N+](=O)[O-])c3)n2)cc1Cl. The van der Waals surface area contributed by atoms with Gasteiger partial charge in [0.25, 0.3) is 11.6 Å². The summed E-state index contributed by atoms with van der Waals surface area (Å²) in [6, 6.07) is 9.07. The van der Waals surface area contributed by atoms with Gasteiger partial charge in [-0.05, 0) is 30.3 Å². The Hall–Kier alpha value is -2.68. The molecule has 1 amide bonds. The molecule has 0 fully saturated rings. The first kappa shape index (κ1) is 19.1. The molecule has 7 nitrogen and oxygen atoms in total. The number of rotatable bonds is 5. The summed E-state index contributed by atoms with van der Waals surface area (Å²) in [5.74, 6) is 0.0249. The second kappa shape index (κ2) is 7.91. The molecule has 1 N–H and O–H groups in total. The van der Waals surface area contributed by atoms with Crippen LogP contribution in [0.2, 0.25) is 10.0 Å². The average molecular weight is 424 g/mol. The number of amides is 1. The number of nitrogens with zero attached hydrogens (tertiary/aromatic N) is 2. The zero-order valence-corrected chi connectivity index (χ0v) is 16.1. The highest BCUT2D eigenvalue weighted by molar-refractivity contribution is 7.14. The molecule has 3 aromatic rings. The normalized spacial score (nSPS) is 10.5. The highest BCUT2D eigenvalue weighted by Gasteiger charge is 2.17. The average Bonchev–Trinajstić information content (AvgIpc) is 3.10. The van der Waals surface area contributed by atoms with Gasteiger partial charge in [0, 0.05) is 22.6 Å². The number of nitro benzene ring substituents is 1. The number of carbonyl (C=O) groups is 1. The van der Waals surface area contributed by atoms with E-state index in [0.717, 1.165) is 11.6 Å². The van der Waals surface area contributed by atoms with Gasteiger partial charge in [-0.1, -0.05) is 23.2 Å². The Balaban J connectivity index is 1.80. The van der Waals surface area contributed by atoms with Crippen molar-refractivity contribution in [3.63, 3.8) is 0 Å². The number of aromatic nitrogens is 1. The monoisotopic (exact) mass is 423 g/mol. The summed E-state index contributed by atoms with van der Waals surface area (Å²) in [4.78, 5) is 27.0. The third kappa shape index (κ3) is 4.19. The summed E-state index contributed by atoms with van der Waals surface area (Å²) in [5, 5.41) is 16.1. The summed E-state index contributed by atoms with van der Waals surface area (Å²) >= 11 is 13.1. The largest absolute Gasteiger partial charge is 0.495 e. The zero-order valence-electron chi connectivity index (χ0n) is 13.7. The number of thiazole rings is 1. The van der Waals surface area contributed by atoms with E-state index < -0.39 is 10.8 Å². The van der Waals surface area contributed by atoms with Crippen molar-refractivity contribution in [2.75, 3.05) is 12.4 Å². The standard InChI is InChI=1S/C17H11Cl2N3O4S/c1-26-15-5-3-9(6-12(15)19)13-8-27-17(20-13)21-16(23)10-2-4-11(18)14(7-10)22(24)25/h2-8H,1H3,(H,20,21,23). The van der Waals surface area contributed by atoms with E-state index >= 15 is 0 Å². The Morgan fingerprint density at radius 2 is 2.00 bits per heavy atom. The molecule has 10 heteroatoms. The highest BCUT2D eigenvalue weighted by Crippen LogP contribution is 2.32. The predicted octanol–water partition coefficient (Wildman–Crippen LogP) is 5.29. The summed E-state index contributed by atoms with van der Waals surface area (Å²) in [6.07, 6.45) is 0. The highest BCUT2D eigenvalue weighted by atomic mass is 35.5. The predicted molar refractivity (Wildman–Crippen MR) is 105 cm³/mol. The van der Waals surface area contributed by atoms with Gasteiger partial charge in [-0.25, -0.2) is 4.98 Å². The van der Waals surface area contributed by atoms with Gasteiger partial charge in [-0.15, -0.1) is 11.3 Å². The number of benzene rings is 2. The molecule has 0 bridgehead atoms. The third-order valence-corrected chi connectivity index (χ3v) is 4.95. The summed E-state index contributed by atoms with van der Waals surface area (Å²) in [5.41, 5.74) is 1.16. The van der Waals surface area contributed by atoms with Crippen LogP contribution in [-0.2, 0) is 0 Å². The first-order valence-corrected chi connectivity index (χ1v) is 9.07. The molecule has 0 spiro atoms. The number of hydrogen-bond acceptors (Lipinski definition) is 6. The van der Waals surface area contributed by atoms with Crippen LogP contribution < -0.4 is 10.1 Å². The molecule has 0 aliphatic carbocycles. The molecule has 0 atom stereocenters. The second-order valence-corrected chi connectivity index (χ2v) is 6.94. The number of nitro groups is 1. The van der Waals surface area contributed by atoms with Crippen LogP contribution in [-0.4, -0.2) is 22.9 Å². The summed E-state index contributed by atoms with van der Waals surface area (Å²) < 4.78 is 5.11. The molecule has 0 saturated heterocycles. The molecular formula is C17H11Cl2N3O4S. The lowest BCUT2D eigenvalue weighted by atomic mass is 10.2. The maximum Gasteiger partial charge on any atom is 0.288 e. The van der Waals surface area contributed by atoms with Crippen molar-refractivity contribution >= 4 is 51.3 Å². The lowest BCUT2D eigenvalue weighted by Gasteiger charge is -2.04. The molecule has 2 aromatic carbocycles. The Kier molecular flexibility index (Phi) is 5.59. The maximum atomic E-state index is 12.3. The van der Waals surface area contributed by atoms with E-state index in [1.807, 2.05) is 0 Å². The fraction of sp³-hybridized carbons (Fsp3) is 0.0588. The van der Waals surface area contributed by atoms with Crippen molar-refractivity contribution < 1.29 is 14.5 Å². The van der Waals surface area contributed by atoms with E-state index in [1.54, 1.807) is 23.6 Å². The molecule has 138 valence electrons. The van der Waals surface area contributed by atoms with Gasteiger partial charge in [-0.3, -0.25) is 20.2 Å². The number of methoxy groups -OCH3 is 1. The Morgan fingerprint density at radius 3 is 2.67 bits per heavy atom. The minimum absolute atomic E-state index is 0.0375. The molecule has 0 radical (unpaired) electrons. The molecule has 0 aliphatic heterocycles.